The SMILES string of the molecule is Cc1ccc(Cl)cc1NC(=O)C(=O)NCCCN1CCN(C)CC1. The van der Waals surface area contributed by atoms with Crippen LogP contribution in [0.5, 0.6) is 0 Å². The van der Waals surface area contributed by atoms with Crippen molar-refractivity contribution in [1.82, 2.24) is 15.1 Å². The number of rotatable bonds is 5. The molecule has 7 heteroatoms. The van der Waals surface area contributed by atoms with Crippen LogP contribution in [0.15, 0.2) is 18.2 Å². The van der Waals surface area contributed by atoms with Crippen molar-refractivity contribution in [3.05, 3.63) is 28.8 Å². The Morgan fingerprint density at radius 3 is 2.58 bits per heavy atom. The highest BCUT2D eigenvalue weighted by Crippen LogP contribution is 2.19. The summed E-state index contributed by atoms with van der Waals surface area (Å²) in [7, 11) is 2.12. The molecule has 1 fully saturated rings. The lowest BCUT2D eigenvalue weighted by atomic mass is 10.2. The minimum Gasteiger partial charge on any atom is -0.348 e. The first-order valence-corrected chi connectivity index (χ1v) is 8.60. The molecule has 132 valence electrons. The van der Waals surface area contributed by atoms with Gasteiger partial charge in [-0.1, -0.05) is 17.7 Å². The number of piperazine rings is 1. The van der Waals surface area contributed by atoms with Crippen LogP contribution < -0.4 is 10.6 Å². The number of amides is 2. The van der Waals surface area contributed by atoms with Crippen LogP contribution in [0.4, 0.5) is 5.69 Å². The Hall–Kier alpha value is -1.63. The fourth-order valence-corrected chi connectivity index (χ4v) is 2.74. The first kappa shape index (κ1) is 18.7. The zero-order chi connectivity index (χ0) is 17.5. The van der Waals surface area contributed by atoms with Gasteiger partial charge in [-0.05, 0) is 44.6 Å². The van der Waals surface area contributed by atoms with Crippen molar-refractivity contribution in [2.45, 2.75) is 13.3 Å². The number of carbonyl (C=O) groups excluding carboxylic acids is 2. The summed E-state index contributed by atoms with van der Waals surface area (Å²) in [6, 6.07) is 5.17. The molecule has 0 aromatic heterocycles. The van der Waals surface area contributed by atoms with Crippen LogP contribution in [0, 0.1) is 6.92 Å². The number of likely N-dealkylation sites (N-methyl/N-ethyl adjacent to an activating group) is 1. The summed E-state index contributed by atoms with van der Waals surface area (Å²) in [6.45, 7) is 7.54. The summed E-state index contributed by atoms with van der Waals surface area (Å²) in [6.07, 6.45) is 0.832. The Morgan fingerprint density at radius 1 is 1.17 bits per heavy atom. The zero-order valence-corrected chi connectivity index (χ0v) is 15.0. The number of nitrogens with one attached hydrogen (secondary N) is 2. The summed E-state index contributed by atoms with van der Waals surface area (Å²) >= 11 is 5.91. The Bertz CT molecular complexity index is 586. The molecule has 0 radical (unpaired) electrons. The summed E-state index contributed by atoms with van der Waals surface area (Å²) in [5.74, 6) is -1.28. The summed E-state index contributed by atoms with van der Waals surface area (Å²) in [5, 5.41) is 5.78. The molecule has 24 heavy (non-hydrogen) atoms. The molecule has 2 amide bonds. The van der Waals surface area contributed by atoms with Crippen LogP contribution in [-0.2, 0) is 9.59 Å². The van der Waals surface area contributed by atoms with Gasteiger partial charge in [-0.15, -0.1) is 0 Å². The second-order valence-electron chi connectivity index (χ2n) is 6.17. The van der Waals surface area contributed by atoms with Gasteiger partial charge in [0.1, 0.15) is 0 Å². The number of aryl methyl sites for hydroxylation is 1. The van der Waals surface area contributed by atoms with Gasteiger partial charge in [0.15, 0.2) is 0 Å². The van der Waals surface area contributed by atoms with Crippen molar-refractivity contribution in [2.75, 3.05) is 51.6 Å². The van der Waals surface area contributed by atoms with Crippen molar-refractivity contribution >= 4 is 29.1 Å². The molecule has 1 aromatic rings. The molecule has 1 aliphatic heterocycles. The molecule has 1 heterocycles. The largest absolute Gasteiger partial charge is 0.348 e. The molecular weight excluding hydrogens is 328 g/mol. The van der Waals surface area contributed by atoms with E-state index in [2.05, 4.69) is 27.5 Å². The van der Waals surface area contributed by atoms with E-state index < -0.39 is 11.8 Å². The third-order valence-electron chi connectivity index (χ3n) is 4.19. The third kappa shape index (κ3) is 5.78. The predicted molar refractivity (Wildman–Crippen MR) is 96.4 cm³/mol. The highest BCUT2D eigenvalue weighted by atomic mass is 35.5. The monoisotopic (exact) mass is 352 g/mol. The molecule has 0 spiro atoms. The minimum absolute atomic E-state index is 0.493. The van der Waals surface area contributed by atoms with Crippen LogP contribution in [0.25, 0.3) is 0 Å². The molecule has 2 rings (SSSR count). The minimum atomic E-state index is -0.667. The van der Waals surface area contributed by atoms with E-state index in [0.29, 0.717) is 17.3 Å². The summed E-state index contributed by atoms with van der Waals surface area (Å²) in [5.41, 5.74) is 1.41. The topological polar surface area (TPSA) is 64.7 Å². The molecule has 1 aliphatic rings. The fraction of sp³-hybridized carbons (Fsp3) is 0.529. The van der Waals surface area contributed by atoms with Gasteiger partial charge in [0.05, 0.1) is 0 Å². The smallest absolute Gasteiger partial charge is 0.313 e. The van der Waals surface area contributed by atoms with Gasteiger partial charge in [-0.2, -0.15) is 0 Å². The molecule has 0 aliphatic carbocycles. The molecule has 0 atom stereocenters. The van der Waals surface area contributed by atoms with Gasteiger partial charge < -0.3 is 20.4 Å². The van der Waals surface area contributed by atoms with E-state index in [-0.39, 0.29) is 0 Å². The van der Waals surface area contributed by atoms with Gasteiger partial charge in [-0.3, -0.25) is 9.59 Å². The number of anilines is 1. The average Bonchev–Trinajstić information content (AvgIpc) is 2.56. The fourth-order valence-electron chi connectivity index (χ4n) is 2.56. The number of nitrogens with zero attached hydrogens (tertiary/aromatic N) is 2. The second kappa shape index (κ2) is 9.01. The first-order chi connectivity index (χ1) is 11.5. The number of carbonyl (C=O) groups is 2. The maximum atomic E-state index is 11.9. The van der Waals surface area contributed by atoms with Gasteiger partial charge in [-0.25, -0.2) is 0 Å². The molecule has 1 saturated heterocycles. The van der Waals surface area contributed by atoms with Crippen molar-refractivity contribution < 1.29 is 9.59 Å². The Kier molecular flexibility index (Phi) is 7.02. The lowest BCUT2D eigenvalue weighted by Crippen LogP contribution is -2.45. The van der Waals surface area contributed by atoms with Crippen LogP contribution in [0.1, 0.15) is 12.0 Å². The lowest BCUT2D eigenvalue weighted by Gasteiger charge is -2.32. The van der Waals surface area contributed by atoms with Crippen molar-refractivity contribution in [3.63, 3.8) is 0 Å². The van der Waals surface area contributed by atoms with Gasteiger partial charge in [0.25, 0.3) is 0 Å². The van der Waals surface area contributed by atoms with Crippen molar-refractivity contribution in [3.8, 4) is 0 Å². The van der Waals surface area contributed by atoms with E-state index in [9.17, 15) is 9.59 Å². The molecular formula is C17H25ClN4O2. The molecule has 1 aromatic carbocycles. The van der Waals surface area contributed by atoms with E-state index in [4.69, 9.17) is 11.6 Å². The van der Waals surface area contributed by atoms with E-state index in [1.54, 1.807) is 18.2 Å². The van der Waals surface area contributed by atoms with Gasteiger partial charge in [0, 0.05) is 43.4 Å². The van der Waals surface area contributed by atoms with E-state index >= 15 is 0 Å². The van der Waals surface area contributed by atoms with Gasteiger partial charge in [0.2, 0.25) is 0 Å². The number of hydrogen-bond acceptors (Lipinski definition) is 4. The highest BCUT2D eigenvalue weighted by Gasteiger charge is 2.16. The van der Waals surface area contributed by atoms with E-state index in [0.717, 1.165) is 44.7 Å². The number of benzene rings is 1. The first-order valence-electron chi connectivity index (χ1n) is 8.22. The molecule has 0 bridgehead atoms. The third-order valence-corrected chi connectivity index (χ3v) is 4.42. The summed E-state index contributed by atoms with van der Waals surface area (Å²) < 4.78 is 0. The molecule has 2 N–H and O–H groups in total. The molecule has 0 saturated carbocycles. The van der Waals surface area contributed by atoms with Crippen molar-refractivity contribution in [2.24, 2.45) is 0 Å². The van der Waals surface area contributed by atoms with Crippen molar-refractivity contribution in [1.29, 1.82) is 0 Å². The Balaban J connectivity index is 1.68. The zero-order valence-electron chi connectivity index (χ0n) is 14.3. The quantitative estimate of drug-likeness (QED) is 0.620. The van der Waals surface area contributed by atoms with Crippen LogP contribution in [-0.4, -0.2) is 67.9 Å². The number of halogens is 1. The average molecular weight is 353 g/mol. The maximum absolute atomic E-state index is 11.9. The molecule has 0 unspecified atom stereocenters. The number of hydrogen-bond donors (Lipinski definition) is 2. The standard InChI is InChI=1S/C17H25ClN4O2/c1-13-4-5-14(18)12-15(13)20-17(24)16(23)19-6-3-7-22-10-8-21(2)9-11-22/h4-5,12H,3,6-11H2,1-2H3,(H,19,23)(H,20,24). The van der Waals surface area contributed by atoms with E-state index in [1.807, 2.05) is 6.92 Å². The van der Waals surface area contributed by atoms with Crippen LogP contribution in [0.3, 0.4) is 0 Å². The highest BCUT2D eigenvalue weighted by molar-refractivity contribution is 6.40. The Labute approximate surface area is 148 Å². The normalized spacial score (nSPS) is 16.0. The van der Waals surface area contributed by atoms with Crippen LogP contribution >= 0.6 is 11.6 Å². The lowest BCUT2D eigenvalue weighted by molar-refractivity contribution is -0.136. The Morgan fingerprint density at radius 2 is 1.88 bits per heavy atom. The second-order valence-corrected chi connectivity index (χ2v) is 6.60. The molecule has 6 nitrogen and oxygen atoms in total. The van der Waals surface area contributed by atoms with E-state index in [1.165, 1.54) is 0 Å². The summed E-state index contributed by atoms with van der Waals surface area (Å²) in [4.78, 5) is 28.5. The van der Waals surface area contributed by atoms with Gasteiger partial charge >= 0.3 is 11.8 Å². The maximum Gasteiger partial charge on any atom is 0.313 e. The predicted octanol–water partition coefficient (Wildman–Crippen LogP) is 1.34. The van der Waals surface area contributed by atoms with Crippen LogP contribution in [0.2, 0.25) is 5.02 Å².